The Labute approximate surface area is 397 Å². The van der Waals surface area contributed by atoms with Gasteiger partial charge in [-0.25, -0.2) is 14.4 Å². The van der Waals surface area contributed by atoms with E-state index in [4.69, 9.17) is 42.1 Å². The number of carbonyl (C=O) groups excluding carboxylic acids is 3. The molecule has 0 radical (unpaired) electrons. The first-order chi connectivity index (χ1) is 29.6. The Bertz CT molecular complexity index is 1980. The number of ether oxygens (including phenoxy) is 4. The van der Waals surface area contributed by atoms with E-state index in [1.54, 1.807) is 32.9 Å². The highest BCUT2D eigenvalue weighted by Crippen LogP contribution is 2.42. The maximum Gasteiger partial charge on any atom is 0.410 e. The summed E-state index contributed by atoms with van der Waals surface area (Å²) in [4.78, 5) is 59.1. The number of carboxylic acid groups (broad SMARTS) is 1. The summed E-state index contributed by atoms with van der Waals surface area (Å²) in [5.74, 6) is 0.462. The predicted molar refractivity (Wildman–Crippen MR) is 250 cm³/mol. The zero-order valence-corrected chi connectivity index (χ0v) is 41.6. The first kappa shape index (κ1) is 49.2. The van der Waals surface area contributed by atoms with E-state index >= 15 is 0 Å². The SMILES string of the molecule is CC(C)(C)OC(=O)N1CC(CN2C(=O)C(CN3CCCC3)Oc3cc(Br)c(Cl)cc32)C1.CC(C)(C)OC(=O)N1CC(CNc2cc(Cl)c(Br)cc2OC(CN2CCCC2)C(=O)O)C1. The van der Waals surface area contributed by atoms with Crippen LogP contribution in [0.15, 0.2) is 33.2 Å². The summed E-state index contributed by atoms with van der Waals surface area (Å²) in [6, 6.07) is 7.02. The summed E-state index contributed by atoms with van der Waals surface area (Å²) in [6.45, 7) is 19.2. The molecule has 5 heterocycles. The van der Waals surface area contributed by atoms with E-state index in [-0.39, 0.29) is 29.9 Å². The monoisotopic (exact) mass is 1040 g/mol. The standard InChI is InChI=1S/C22H31BrClN3O5.C22H29BrClN3O4/c1-22(2,3)32-21(30)27-11-14(12-27)10-25-17-9-16(24)15(23)8-18(17)31-19(20(28)29)13-26-6-4-5-7-26;1-22(2,3)31-21(29)26-10-14(11-26)12-27-17-9-16(24)15(23)8-18(17)30-19(20(27)28)13-25-6-4-5-7-25/h8-9,14,19,25H,4-7,10-13H2,1-3H3,(H,28,29);8-9,14,19H,4-7,10-13H2,1-3H3. The fraction of sp³-hybridized carbons (Fsp3) is 0.636. The predicted octanol–water partition coefficient (Wildman–Crippen LogP) is 8.47. The van der Waals surface area contributed by atoms with Gasteiger partial charge >= 0.3 is 18.2 Å². The molecule has 2 unspecified atom stereocenters. The van der Waals surface area contributed by atoms with Gasteiger partial charge in [0.15, 0.2) is 6.10 Å². The van der Waals surface area contributed by atoms with Crippen LogP contribution < -0.4 is 19.7 Å². The number of hydrogen-bond acceptors (Lipinski definition) is 11. The first-order valence-electron chi connectivity index (χ1n) is 21.6. The van der Waals surface area contributed by atoms with Gasteiger partial charge in [-0.05, 0) is 150 Å². The van der Waals surface area contributed by atoms with Crippen LogP contribution in [0.3, 0.4) is 0 Å². The largest absolute Gasteiger partial charge is 0.478 e. The van der Waals surface area contributed by atoms with Crippen molar-refractivity contribution in [1.29, 1.82) is 0 Å². The van der Waals surface area contributed by atoms with Crippen LogP contribution in [0.4, 0.5) is 21.0 Å². The number of likely N-dealkylation sites (tertiary alicyclic amines) is 4. The minimum absolute atomic E-state index is 0.0477. The number of carboxylic acids is 1. The minimum Gasteiger partial charge on any atom is -0.478 e. The summed E-state index contributed by atoms with van der Waals surface area (Å²) in [7, 11) is 0. The Hall–Kier alpha value is -3.22. The maximum absolute atomic E-state index is 13.4. The smallest absolute Gasteiger partial charge is 0.410 e. The summed E-state index contributed by atoms with van der Waals surface area (Å²) in [5, 5.41) is 14.0. The van der Waals surface area contributed by atoms with Crippen molar-refractivity contribution in [2.45, 2.75) is 90.6 Å². The van der Waals surface area contributed by atoms with Gasteiger partial charge in [0.25, 0.3) is 5.91 Å². The number of benzene rings is 2. The summed E-state index contributed by atoms with van der Waals surface area (Å²) >= 11 is 19.4. The molecule has 0 aliphatic carbocycles. The van der Waals surface area contributed by atoms with Crippen LogP contribution >= 0.6 is 55.1 Å². The number of amides is 3. The van der Waals surface area contributed by atoms with Gasteiger partial charge in [-0.15, -0.1) is 0 Å². The molecule has 63 heavy (non-hydrogen) atoms. The van der Waals surface area contributed by atoms with E-state index in [1.165, 1.54) is 0 Å². The summed E-state index contributed by atoms with van der Waals surface area (Å²) < 4.78 is 24.2. The lowest BCUT2D eigenvalue weighted by Gasteiger charge is -2.43. The van der Waals surface area contributed by atoms with Crippen LogP contribution in [0.25, 0.3) is 0 Å². The number of nitrogens with one attached hydrogen (secondary N) is 1. The molecule has 0 saturated carbocycles. The van der Waals surface area contributed by atoms with Gasteiger partial charge in [-0.3, -0.25) is 14.6 Å². The maximum atomic E-state index is 13.4. The fourth-order valence-corrected chi connectivity index (χ4v) is 8.92. The van der Waals surface area contributed by atoms with Gasteiger partial charge in [0.05, 0.1) is 21.4 Å². The minimum atomic E-state index is -0.999. The molecule has 0 bridgehead atoms. The van der Waals surface area contributed by atoms with Crippen LogP contribution in [-0.2, 0) is 19.1 Å². The molecule has 3 amide bonds. The van der Waals surface area contributed by atoms with Crippen molar-refractivity contribution in [3.05, 3.63) is 43.3 Å². The highest BCUT2D eigenvalue weighted by Gasteiger charge is 2.41. The molecule has 0 aromatic heterocycles. The molecule has 4 fully saturated rings. The topological polar surface area (TPSA) is 154 Å². The summed E-state index contributed by atoms with van der Waals surface area (Å²) in [6.07, 6.45) is 2.33. The number of fused-ring (bicyclic) bond motifs is 1. The van der Waals surface area contributed by atoms with Crippen LogP contribution in [0.5, 0.6) is 11.5 Å². The second-order valence-corrected chi connectivity index (χ2v) is 21.4. The average Bonchev–Trinajstić information content (AvgIpc) is 3.86. The van der Waals surface area contributed by atoms with Gasteiger partial charge in [0.2, 0.25) is 6.10 Å². The third kappa shape index (κ3) is 13.7. The normalized spacial score (nSPS) is 20.2. The number of rotatable bonds is 12. The van der Waals surface area contributed by atoms with Crippen molar-refractivity contribution < 1.29 is 43.2 Å². The van der Waals surface area contributed by atoms with Gasteiger partial charge in [-0.1, -0.05) is 23.2 Å². The van der Waals surface area contributed by atoms with E-state index in [9.17, 15) is 24.3 Å². The number of halogens is 4. The second-order valence-electron chi connectivity index (χ2n) is 18.9. The van der Waals surface area contributed by atoms with Gasteiger partial charge in [-0.2, -0.15) is 0 Å². The highest BCUT2D eigenvalue weighted by molar-refractivity contribution is 9.10. The lowest BCUT2D eigenvalue weighted by atomic mass is 9.98. The second kappa shape index (κ2) is 21.0. The Morgan fingerprint density at radius 2 is 1.32 bits per heavy atom. The van der Waals surface area contributed by atoms with Crippen molar-refractivity contribution in [2.24, 2.45) is 11.8 Å². The third-order valence-electron chi connectivity index (χ3n) is 11.2. The molecule has 19 heteroatoms. The average molecular weight is 1050 g/mol. The van der Waals surface area contributed by atoms with Crippen LogP contribution in [0.2, 0.25) is 10.0 Å². The molecule has 5 aliphatic heterocycles. The highest BCUT2D eigenvalue weighted by atomic mass is 79.9. The van der Waals surface area contributed by atoms with Crippen LogP contribution in [0, 0.1) is 11.8 Å². The van der Waals surface area contributed by atoms with Gasteiger partial charge in [0.1, 0.15) is 22.7 Å². The molecule has 4 saturated heterocycles. The number of anilines is 2. The summed E-state index contributed by atoms with van der Waals surface area (Å²) in [5.41, 5.74) is 0.276. The lowest BCUT2D eigenvalue weighted by Crippen LogP contribution is -2.58. The molecule has 2 aromatic rings. The molecule has 2 atom stereocenters. The van der Waals surface area contributed by atoms with E-state index in [0.717, 1.165) is 56.3 Å². The number of carbonyl (C=O) groups is 4. The van der Waals surface area contributed by atoms with E-state index in [0.29, 0.717) is 89.7 Å². The van der Waals surface area contributed by atoms with E-state index < -0.39 is 29.4 Å². The molecule has 7 rings (SSSR count). The van der Waals surface area contributed by atoms with Crippen LogP contribution in [-0.4, -0.2) is 151 Å². The molecule has 0 spiro atoms. The number of aliphatic carboxylic acids is 1. The quantitative estimate of drug-likeness (QED) is 0.210. The molecule has 348 valence electrons. The fourth-order valence-electron chi connectivity index (χ4n) is 7.95. The van der Waals surface area contributed by atoms with E-state index in [2.05, 4.69) is 47.0 Å². The van der Waals surface area contributed by atoms with Gasteiger partial charge < -0.3 is 44.1 Å². The van der Waals surface area contributed by atoms with Crippen molar-refractivity contribution in [2.75, 3.05) is 88.8 Å². The van der Waals surface area contributed by atoms with E-state index in [1.807, 2.05) is 47.6 Å². The first-order valence-corrected chi connectivity index (χ1v) is 24.0. The third-order valence-corrected chi connectivity index (χ3v) is 13.5. The molecule has 15 nitrogen and oxygen atoms in total. The molecule has 2 aromatic carbocycles. The lowest BCUT2D eigenvalue weighted by molar-refractivity contribution is -0.145. The Balaban J connectivity index is 0.000000210. The molecule has 5 aliphatic rings. The molecule has 2 N–H and O–H groups in total. The zero-order valence-electron chi connectivity index (χ0n) is 36.9. The van der Waals surface area contributed by atoms with Crippen LogP contribution in [0.1, 0.15) is 67.2 Å². The molecular formula is C44H60Br2Cl2N6O9. The van der Waals surface area contributed by atoms with Crippen molar-refractivity contribution in [1.82, 2.24) is 19.6 Å². The number of nitrogens with zero attached hydrogens (tertiary/aromatic N) is 5. The van der Waals surface area contributed by atoms with Gasteiger partial charge in [0, 0.05) is 73.1 Å². The van der Waals surface area contributed by atoms with Crippen molar-refractivity contribution >= 4 is 90.5 Å². The van der Waals surface area contributed by atoms with Crippen molar-refractivity contribution in [3.63, 3.8) is 0 Å². The molecular weight excluding hydrogens is 987 g/mol. The Morgan fingerprint density at radius 1 is 0.794 bits per heavy atom. The zero-order chi connectivity index (χ0) is 45.8. The Morgan fingerprint density at radius 3 is 1.87 bits per heavy atom. The number of hydrogen-bond donors (Lipinski definition) is 2. The van der Waals surface area contributed by atoms with Crippen molar-refractivity contribution in [3.8, 4) is 11.5 Å². The Kier molecular flexibility index (Phi) is 16.4.